The molecule has 112 valence electrons. The predicted molar refractivity (Wildman–Crippen MR) is 80.8 cm³/mol. The predicted octanol–water partition coefficient (Wildman–Crippen LogP) is 1.08. The number of H-pyrrole nitrogens is 1. The summed E-state index contributed by atoms with van der Waals surface area (Å²) in [6.07, 6.45) is 7.66. The minimum Gasteiger partial charge on any atom is -0.351 e. The summed E-state index contributed by atoms with van der Waals surface area (Å²) >= 11 is 0. The summed E-state index contributed by atoms with van der Waals surface area (Å²) in [5.41, 5.74) is 1.41. The Kier molecular flexibility index (Phi) is 3.92. The molecule has 0 saturated heterocycles. The van der Waals surface area contributed by atoms with Crippen molar-refractivity contribution in [3.63, 3.8) is 0 Å². The highest BCUT2D eigenvalue weighted by Crippen LogP contribution is 2.48. The van der Waals surface area contributed by atoms with E-state index in [0.29, 0.717) is 12.1 Å². The SMILES string of the molecule is O=C(NCc1ccc[nH]c1=O)C1(C2=CCNCC2)CCC1. The van der Waals surface area contributed by atoms with E-state index >= 15 is 0 Å². The fraction of sp³-hybridized carbons (Fsp3) is 0.500. The van der Waals surface area contributed by atoms with Gasteiger partial charge in [-0.1, -0.05) is 24.1 Å². The Morgan fingerprint density at radius 1 is 1.38 bits per heavy atom. The van der Waals surface area contributed by atoms with Crippen LogP contribution in [0.15, 0.2) is 34.8 Å². The summed E-state index contributed by atoms with van der Waals surface area (Å²) in [7, 11) is 0. The van der Waals surface area contributed by atoms with Gasteiger partial charge in [-0.25, -0.2) is 0 Å². The Balaban J connectivity index is 1.70. The van der Waals surface area contributed by atoms with Gasteiger partial charge in [0, 0.05) is 24.8 Å². The van der Waals surface area contributed by atoms with Gasteiger partial charge in [-0.05, 0) is 31.9 Å². The fourth-order valence-corrected chi connectivity index (χ4v) is 3.22. The van der Waals surface area contributed by atoms with Crippen molar-refractivity contribution < 1.29 is 4.79 Å². The molecule has 2 aliphatic rings. The van der Waals surface area contributed by atoms with Gasteiger partial charge < -0.3 is 15.6 Å². The fourth-order valence-electron chi connectivity index (χ4n) is 3.22. The summed E-state index contributed by atoms with van der Waals surface area (Å²) < 4.78 is 0. The number of nitrogens with one attached hydrogen (secondary N) is 3. The van der Waals surface area contributed by atoms with E-state index in [1.54, 1.807) is 18.3 Å². The van der Waals surface area contributed by atoms with Crippen LogP contribution in [0.25, 0.3) is 0 Å². The Hall–Kier alpha value is -1.88. The first-order valence-electron chi connectivity index (χ1n) is 7.57. The smallest absolute Gasteiger partial charge is 0.252 e. The summed E-state index contributed by atoms with van der Waals surface area (Å²) in [6, 6.07) is 3.52. The standard InChI is InChI=1S/C16H21N3O2/c20-14-12(3-1-8-18-14)11-19-15(21)16(6-2-7-16)13-4-9-17-10-5-13/h1,3-4,8,17H,2,5-7,9-11H2,(H,18,20)(H,19,21). The van der Waals surface area contributed by atoms with Crippen molar-refractivity contribution >= 4 is 5.91 Å². The zero-order valence-electron chi connectivity index (χ0n) is 12.1. The Morgan fingerprint density at radius 2 is 2.24 bits per heavy atom. The van der Waals surface area contributed by atoms with Crippen molar-refractivity contribution in [2.75, 3.05) is 13.1 Å². The maximum absolute atomic E-state index is 12.6. The normalized spacial score (nSPS) is 20.3. The summed E-state index contributed by atoms with van der Waals surface area (Å²) in [4.78, 5) is 26.9. The second-order valence-corrected chi connectivity index (χ2v) is 5.83. The number of aromatic amines is 1. The lowest BCUT2D eigenvalue weighted by molar-refractivity contribution is -0.133. The van der Waals surface area contributed by atoms with Crippen LogP contribution in [0.4, 0.5) is 0 Å². The lowest BCUT2D eigenvalue weighted by atomic mass is 9.62. The highest BCUT2D eigenvalue weighted by Gasteiger charge is 2.46. The van der Waals surface area contributed by atoms with Crippen molar-refractivity contribution in [2.24, 2.45) is 5.41 Å². The third-order valence-corrected chi connectivity index (χ3v) is 4.66. The van der Waals surface area contributed by atoms with Gasteiger partial charge in [-0.3, -0.25) is 9.59 Å². The highest BCUT2D eigenvalue weighted by molar-refractivity contribution is 5.86. The molecule has 5 nitrogen and oxygen atoms in total. The van der Waals surface area contributed by atoms with E-state index in [1.165, 1.54) is 5.57 Å². The minimum atomic E-state index is -0.316. The van der Waals surface area contributed by atoms with Crippen molar-refractivity contribution in [2.45, 2.75) is 32.2 Å². The number of carbonyl (C=O) groups excluding carboxylic acids is 1. The Morgan fingerprint density at radius 3 is 2.86 bits per heavy atom. The van der Waals surface area contributed by atoms with Crippen molar-refractivity contribution in [3.8, 4) is 0 Å². The molecule has 1 aromatic heterocycles. The van der Waals surface area contributed by atoms with Gasteiger partial charge in [0.05, 0.1) is 5.41 Å². The molecule has 0 bridgehead atoms. The zero-order chi connectivity index (χ0) is 14.7. The largest absolute Gasteiger partial charge is 0.351 e. The molecule has 1 aliphatic carbocycles. The van der Waals surface area contributed by atoms with Crippen LogP contribution >= 0.6 is 0 Å². The van der Waals surface area contributed by atoms with E-state index in [4.69, 9.17) is 0 Å². The number of amides is 1. The van der Waals surface area contributed by atoms with E-state index in [0.717, 1.165) is 38.8 Å². The molecule has 1 aromatic rings. The molecule has 3 rings (SSSR count). The summed E-state index contributed by atoms with van der Waals surface area (Å²) in [5.74, 6) is 0.0742. The molecule has 0 spiro atoms. The average Bonchev–Trinajstić information content (AvgIpc) is 2.46. The molecule has 2 heterocycles. The zero-order valence-corrected chi connectivity index (χ0v) is 12.1. The number of aromatic nitrogens is 1. The Bertz CT molecular complexity index is 614. The van der Waals surface area contributed by atoms with Crippen molar-refractivity contribution in [1.82, 2.24) is 15.6 Å². The van der Waals surface area contributed by atoms with E-state index in [2.05, 4.69) is 21.7 Å². The Labute approximate surface area is 123 Å². The first-order valence-corrected chi connectivity index (χ1v) is 7.57. The molecular weight excluding hydrogens is 266 g/mol. The lowest BCUT2D eigenvalue weighted by Gasteiger charge is -2.43. The van der Waals surface area contributed by atoms with Crippen LogP contribution in [0.2, 0.25) is 0 Å². The number of rotatable bonds is 4. The van der Waals surface area contributed by atoms with Crippen molar-refractivity contribution in [3.05, 3.63) is 45.9 Å². The van der Waals surface area contributed by atoms with Crippen LogP contribution in [-0.2, 0) is 11.3 Å². The molecule has 0 aromatic carbocycles. The van der Waals surface area contributed by atoms with Crippen LogP contribution < -0.4 is 16.2 Å². The molecule has 3 N–H and O–H groups in total. The van der Waals surface area contributed by atoms with Crippen LogP contribution in [0.5, 0.6) is 0 Å². The molecule has 1 amide bonds. The van der Waals surface area contributed by atoms with Crippen LogP contribution in [0.1, 0.15) is 31.2 Å². The maximum Gasteiger partial charge on any atom is 0.252 e. The number of carbonyl (C=O) groups is 1. The first kappa shape index (κ1) is 14.1. The number of hydrogen-bond acceptors (Lipinski definition) is 3. The van der Waals surface area contributed by atoms with E-state index in [9.17, 15) is 9.59 Å². The van der Waals surface area contributed by atoms with Crippen LogP contribution in [0, 0.1) is 5.41 Å². The van der Waals surface area contributed by atoms with Gasteiger partial charge >= 0.3 is 0 Å². The molecule has 1 aliphatic heterocycles. The summed E-state index contributed by atoms with van der Waals surface area (Å²) in [5, 5.41) is 6.25. The molecule has 1 saturated carbocycles. The van der Waals surface area contributed by atoms with Gasteiger partial charge in [0.1, 0.15) is 0 Å². The molecule has 0 atom stereocenters. The topological polar surface area (TPSA) is 74.0 Å². The second kappa shape index (κ2) is 5.85. The van der Waals surface area contributed by atoms with Gasteiger partial charge in [0.15, 0.2) is 0 Å². The molecule has 1 fully saturated rings. The minimum absolute atomic E-state index is 0.0742. The first-order chi connectivity index (χ1) is 10.2. The number of hydrogen-bond donors (Lipinski definition) is 3. The molecule has 5 heteroatoms. The summed E-state index contributed by atoms with van der Waals surface area (Å²) in [6.45, 7) is 2.09. The van der Waals surface area contributed by atoms with Crippen LogP contribution in [-0.4, -0.2) is 24.0 Å². The lowest BCUT2D eigenvalue weighted by Crippen LogP contribution is -2.48. The quantitative estimate of drug-likeness (QED) is 0.726. The molecule has 0 radical (unpaired) electrons. The third kappa shape index (κ3) is 2.65. The number of pyridine rings is 1. The van der Waals surface area contributed by atoms with Gasteiger partial charge in [-0.15, -0.1) is 0 Å². The third-order valence-electron chi connectivity index (χ3n) is 4.66. The maximum atomic E-state index is 12.6. The van der Waals surface area contributed by atoms with E-state index < -0.39 is 0 Å². The van der Waals surface area contributed by atoms with Crippen LogP contribution in [0.3, 0.4) is 0 Å². The van der Waals surface area contributed by atoms with Gasteiger partial charge in [0.25, 0.3) is 5.56 Å². The van der Waals surface area contributed by atoms with Crippen molar-refractivity contribution in [1.29, 1.82) is 0 Å². The van der Waals surface area contributed by atoms with Gasteiger partial charge in [-0.2, -0.15) is 0 Å². The second-order valence-electron chi connectivity index (χ2n) is 5.83. The van der Waals surface area contributed by atoms with Gasteiger partial charge in [0.2, 0.25) is 5.91 Å². The van der Waals surface area contributed by atoms with E-state index in [-0.39, 0.29) is 16.9 Å². The monoisotopic (exact) mass is 287 g/mol. The van der Waals surface area contributed by atoms with E-state index in [1.807, 2.05) is 0 Å². The highest BCUT2D eigenvalue weighted by atomic mass is 16.2. The molecular formula is C16H21N3O2. The molecule has 0 unspecified atom stereocenters. The molecule has 21 heavy (non-hydrogen) atoms. The average molecular weight is 287 g/mol.